The molecular formula is C14H21N3OS. The number of hydrogen-bond acceptors (Lipinski definition) is 4. The van der Waals surface area contributed by atoms with Gasteiger partial charge in [-0.3, -0.25) is 4.79 Å². The highest BCUT2D eigenvalue weighted by Gasteiger charge is 2.39. The number of hydrogen-bond donors (Lipinski definition) is 1. The van der Waals surface area contributed by atoms with Crippen molar-refractivity contribution in [3.8, 4) is 0 Å². The monoisotopic (exact) mass is 279 g/mol. The number of thiazole rings is 1. The molecule has 2 aliphatic rings. The van der Waals surface area contributed by atoms with Crippen LogP contribution in [0.4, 0.5) is 0 Å². The van der Waals surface area contributed by atoms with Crippen molar-refractivity contribution in [3.05, 3.63) is 15.6 Å². The van der Waals surface area contributed by atoms with Crippen LogP contribution in [-0.2, 0) is 6.42 Å². The molecule has 4 nitrogen and oxygen atoms in total. The maximum atomic E-state index is 12.9. The van der Waals surface area contributed by atoms with Gasteiger partial charge in [0.1, 0.15) is 4.88 Å². The van der Waals surface area contributed by atoms with Crippen LogP contribution < -0.4 is 5.32 Å². The first-order chi connectivity index (χ1) is 9.20. The molecule has 2 unspecified atom stereocenters. The highest BCUT2D eigenvalue weighted by molar-refractivity contribution is 7.13. The molecule has 0 saturated carbocycles. The molecule has 3 heterocycles. The van der Waals surface area contributed by atoms with Crippen molar-refractivity contribution >= 4 is 17.2 Å². The average Bonchev–Trinajstić information content (AvgIpc) is 2.87. The minimum absolute atomic E-state index is 0.221. The Morgan fingerprint density at radius 2 is 2.21 bits per heavy atom. The largest absolute Gasteiger partial charge is 0.331 e. The third-order valence-corrected chi connectivity index (χ3v) is 5.22. The lowest BCUT2D eigenvalue weighted by atomic mass is 10.1. The van der Waals surface area contributed by atoms with Gasteiger partial charge in [-0.25, -0.2) is 4.98 Å². The summed E-state index contributed by atoms with van der Waals surface area (Å²) in [5.41, 5.74) is 0.976. The average molecular weight is 279 g/mol. The van der Waals surface area contributed by atoms with Gasteiger partial charge in [0.2, 0.25) is 0 Å². The lowest BCUT2D eigenvalue weighted by Crippen LogP contribution is -2.42. The fraction of sp³-hybridized carbons (Fsp3) is 0.714. The molecule has 0 aliphatic carbocycles. The van der Waals surface area contributed by atoms with Crippen molar-refractivity contribution in [2.24, 2.45) is 0 Å². The van der Waals surface area contributed by atoms with Gasteiger partial charge in [0, 0.05) is 18.6 Å². The van der Waals surface area contributed by atoms with Gasteiger partial charge in [0.15, 0.2) is 0 Å². The van der Waals surface area contributed by atoms with Gasteiger partial charge in [-0.1, -0.05) is 6.92 Å². The summed E-state index contributed by atoms with van der Waals surface area (Å²) in [6.45, 7) is 6.04. The minimum Gasteiger partial charge on any atom is -0.331 e. The Kier molecular flexibility index (Phi) is 3.58. The van der Waals surface area contributed by atoms with E-state index in [0.717, 1.165) is 54.4 Å². The Bertz CT molecular complexity index is 471. The SMILES string of the molecule is CCc1nc(C)sc1C(=O)N1C2CCNCC1CC2. The summed E-state index contributed by atoms with van der Waals surface area (Å²) < 4.78 is 0. The van der Waals surface area contributed by atoms with E-state index >= 15 is 0 Å². The van der Waals surface area contributed by atoms with E-state index in [2.05, 4.69) is 22.1 Å². The number of aromatic nitrogens is 1. The van der Waals surface area contributed by atoms with E-state index in [9.17, 15) is 4.79 Å². The number of amides is 1. The highest BCUT2D eigenvalue weighted by Crippen LogP contribution is 2.31. The first-order valence-electron chi connectivity index (χ1n) is 7.20. The van der Waals surface area contributed by atoms with Crippen LogP contribution in [0.1, 0.15) is 46.6 Å². The number of carbonyl (C=O) groups is 1. The van der Waals surface area contributed by atoms with Crippen molar-refractivity contribution in [2.45, 2.75) is 51.6 Å². The molecule has 0 aromatic carbocycles. The third-order valence-electron chi connectivity index (χ3n) is 4.22. The van der Waals surface area contributed by atoms with Gasteiger partial charge in [0.25, 0.3) is 5.91 Å². The van der Waals surface area contributed by atoms with Gasteiger partial charge >= 0.3 is 0 Å². The normalized spacial score (nSPS) is 26.5. The van der Waals surface area contributed by atoms with Crippen molar-refractivity contribution in [1.82, 2.24) is 15.2 Å². The predicted octanol–water partition coefficient (Wildman–Crippen LogP) is 1.98. The van der Waals surface area contributed by atoms with E-state index in [0.29, 0.717) is 12.1 Å². The topological polar surface area (TPSA) is 45.2 Å². The molecule has 0 spiro atoms. The van der Waals surface area contributed by atoms with Crippen LogP contribution in [0.5, 0.6) is 0 Å². The molecule has 2 bridgehead atoms. The van der Waals surface area contributed by atoms with Gasteiger partial charge in [-0.15, -0.1) is 11.3 Å². The molecule has 2 fully saturated rings. The second-order valence-corrected chi connectivity index (χ2v) is 6.66. The third kappa shape index (κ3) is 2.30. The molecule has 3 rings (SSSR count). The van der Waals surface area contributed by atoms with Crippen molar-refractivity contribution in [3.63, 3.8) is 0 Å². The van der Waals surface area contributed by atoms with Crippen molar-refractivity contribution in [1.29, 1.82) is 0 Å². The molecule has 19 heavy (non-hydrogen) atoms. The molecule has 104 valence electrons. The molecule has 1 aromatic rings. The summed E-state index contributed by atoms with van der Waals surface area (Å²) in [5.74, 6) is 0.221. The van der Waals surface area contributed by atoms with Crippen LogP contribution in [0, 0.1) is 6.92 Å². The molecule has 1 aromatic heterocycles. The molecule has 5 heteroatoms. The van der Waals surface area contributed by atoms with Crippen LogP contribution in [0.25, 0.3) is 0 Å². The van der Waals surface area contributed by atoms with Crippen LogP contribution in [-0.4, -0.2) is 41.0 Å². The standard InChI is InChI=1S/C14H21N3OS/c1-3-12-13(19-9(2)16-12)14(18)17-10-4-5-11(17)8-15-7-6-10/h10-11,15H,3-8H2,1-2H3. The molecule has 2 aliphatic heterocycles. The number of fused-ring (bicyclic) bond motifs is 2. The second kappa shape index (κ2) is 5.21. The minimum atomic E-state index is 0.221. The van der Waals surface area contributed by atoms with Crippen LogP contribution >= 0.6 is 11.3 Å². The summed E-state index contributed by atoms with van der Waals surface area (Å²) >= 11 is 1.56. The Morgan fingerprint density at radius 3 is 3.00 bits per heavy atom. The smallest absolute Gasteiger partial charge is 0.266 e. The Hall–Kier alpha value is -0.940. The zero-order chi connectivity index (χ0) is 13.4. The van der Waals surface area contributed by atoms with E-state index in [1.165, 1.54) is 0 Å². The maximum Gasteiger partial charge on any atom is 0.266 e. The fourth-order valence-electron chi connectivity index (χ4n) is 3.31. The van der Waals surface area contributed by atoms with E-state index in [4.69, 9.17) is 0 Å². The van der Waals surface area contributed by atoms with E-state index < -0.39 is 0 Å². The summed E-state index contributed by atoms with van der Waals surface area (Å²) in [5, 5.41) is 4.44. The molecule has 0 radical (unpaired) electrons. The number of rotatable bonds is 2. The first kappa shape index (κ1) is 13.1. The molecule has 2 saturated heterocycles. The summed E-state index contributed by atoms with van der Waals surface area (Å²) in [6.07, 6.45) is 4.23. The predicted molar refractivity (Wildman–Crippen MR) is 76.7 cm³/mol. The quantitative estimate of drug-likeness (QED) is 0.900. The summed E-state index contributed by atoms with van der Waals surface area (Å²) in [7, 11) is 0. The molecule has 1 N–H and O–H groups in total. The van der Waals surface area contributed by atoms with E-state index in [1.54, 1.807) is 11.3 Å². The van der Waals surface area contributed by atoms with Crippen LogP contribution in [0.2, 0.25) is 0 Å². The number of carbonyl (C=O) groups excluding carboxylic acids is 1. The van der Waals surface area contributed by atoms with Gasteiger partial charge in [0.05, 0.1) is 10.7 Å². The van der Waals surface area contributed by atoms with E-state index in [1.807, 2.05) is 6.92 Å². The lowest BCUT2D eigenvalue weighted by Gasteiger charge is -2.27. The van der Waals surface area contributed by atoms with Crippen LogP contribution in [0.3, 0.4) is 0 Å². The first-order valence-corrected chi connectivity index (χ1v) is 8.02. The highest BCUT2D eigenvalue weighted by atomic mass is 32.1. The Balaban J connectivity index is 1.90. The van der Waals surface area contributed by atoms with Crippen LogP contribution in [0.15, 0.2) is 0 Å². The summed E-state index contributed by atoms with van der Waals surface area (Å²) in [4.78, 5) is 20.4. The second-order valence-electron chi connectivity index (χ2n) is 5.45. The summed E-state index contributed by atoms with van der Waals surface area (Å²) in [6, 6.07) is 0.812. The number of nitrogens with one attached hydrogen (secondary N) is 1. The number of aryl methyl sites for hydroxylation is 2. The van der Waals surface area contributed by atoms with Gasteiger partial charge in [-0.05, 0) is 39.2 Å². The van der Waals surface area contributed by atoms with E-state index in [-0.39, 0.29) is 5.91 Å². The Labute approximate surface area is 118 Å². The molecule has 1 amide bonds. The maximum absolute atomic E-state index is 12.9. The zero-order valence-corrected chi connectivity index (χ0v) is 12.4. The number of nitrogens with zero attached hydrogens (tertiary/aromatic N) is 2. The lowest BCUT2D eigenvalue weighted by molar-refractivity contribution is 0.0684. The molecular weight excluding hydrogens is 258 g/mol. The van der Waals surface area contributed by atoms with Gasteiger partial charge in [-0.2, -0.15) is 0 Å². The fourth-order valence-corrected chi connectivity index (χ4v) is 4.26. The van der Waals surface area contributed by atoms with Gasteiger partial charge < -0.3 is 10.2 Å². The van der Waals surface area contributed by atoms with Crippen molar-refractivity contribution < 1.29 is 4.79 Å². The zero-order valence-electron chi connectivity index (χ0n) is 11.6. The molecule has 2 atom stereocenters. The Morgan fingerprint density at radius 1 is 1.42 bits per heavy atom. The van der Waals surface area contributed by atoms with Crippen molar-refractivity contribution in [2.75, 3.05) is 13.1 Å².